The van der Waals surface area contributed by atoms with Crippen molar-refractivity contribution in [1.82, 2.24) is 14.8 Å². The van der Waals surface area contributed by atoms with Gasteiger partial charge in [-0.25, -0.2) is 4.98 Å². The molecule has 1 rings (SSSR count). The number of rotatable bonds is 5. The van der Waals surface area contributed by atoms with Gasteiger partial charge in [0.1, 0.15) is 12.7 Å². The van der Waals surface area contributed by atoms with Crippen LogP contribution in [0.2, 0.25) is 0 Å². The first-order chi connectivity index (χ1) is 6.51. The minimum absolute atomic E-state index is 0.252. The van der Waals surface area contributed by atoms with Gasteiger partial charge < -0.3 is 14.9 Å². The van der Waals surface area contributed by atoms with Crippen molar-refractivity contribution in [2.45, 2.75) is 6.54 Å². The maximum atomic E-state index is 10.7. The Bertz CT molecular complexity index is 309. The van der Waals surface area contributed by atoms with E-state index in [1.165, 1.54) is 17.3 Å². The molecule has 8 heteroatoms. The zero-order valence-corrected chi connectivity index (χ0v) is 8.29. The van der Waals surface area contributed by atoms with Gasteiger partial charge in [0.15, 0.2) is 0 Å². The van der Waals surface area contributed by atoms with Crippen molar-refractivity contribution in [3.8, 4) is 0 Å². The fraction of sp³-hybridized carbons (Fsp3) is 0.667. The summed E-state index contributed by atoms with van der Waals surface area (Å²) in [6.07, 6.45) is 2.41. The number of aliphatic hydroxyl groups is 1. The number of aliphatic hydroxyl groups excluding tert-OH is 1. The lowest BCUT2D eigenvalue weighted by atomic mass is 10.2. The maximum absolute atomic E-state index is 10.7. The van der Waals surface area contributed by atoms with E-state index in [9.17, 15) is 4.57 Å². The standard InChI is InChI=1S/C6H12N3O4P/c10-2-6(3-14(11,12)13)1-9-5-7-4-8-9/h4-6,10H,1-3H2,(H2,11,12,13). The van der Waals surface area contributed by atoms with Crippen LogP contribution in [0.25, 0.3) is 0 Å². The molecular formula is C6H12N3O4P. The van der Waals surface area contributed by atoms with E-state index in [4.69, 9.17) is 14.9 Å². The van der Waals surface area contributed by atoms with Crippen LogP contribution in [0.15, 0.2) is 12.7 Å². The van der Waals surface area contributed by atoms with Gasteiger partial charge in [-0.15, -0.1) is 0 Å². The molecule has 0 aromatic carbocycles. The fourth-order valence-corrected chi connectivity index (χ4v) is 2.00. The molecule has 1 aromatic rings. The van der Waals surface area contributed by atoms with E-state index >= 15 is 0 Å². The Hall–Kier alpha value is -0.750. The van der Waals surface area contributed by atoms with Gasteiger partial charge in [0.2, 0.25) is 0 Å². The molecule has 14 heavy (non-hydrogen) atoms. The lowest BCUT2D eigenvalue weighted by Gasteiger charge is -2.14. The van der Waals surface area contributed by atoms with E-state index in [1.807, 2.05) is 0 Å². The summed E-state index contributed by atoms with van der Waals surface area (Å²) in [5.41, 5.74) is 0. The van der Waals surface area contributed by atoms with Gasteiger partial charge >= 0.3 is 7.60 Å². The van der Waals surface area contributed by atoms with Gasteiger partial charge in [-0.3, -0.25) is 9.25 Å². The van der Waals surface area contributed by atoms with Gasteiger partial charge in [0, 0.05) is 19.1 Å². The third kappa shape index (κ3) is 3.97. The van der Waals surface area contributed by atoms with E-state index in [0.717, 1.165) is 0 Å². The van der Waals surface area contributed by atoms with Crippen molar-refractivity contribution in [1.29, 1.82) is 0 Å². The maximum Gasteiger partial charge on any atom is 0.326 e. The third-order valence-corrected chi connectivity index (χ3v) is 2.66. The lowest BCUT2D eigenvalue weighted by Crippen LogP contribution is -2.19. The fourth-order valence-electron chi connectivity index (χ4n) is 1.10. The molecular weight excluding hydrogens is 209 g/mol. The van der Waals surface area contributed by atoms with E-state index in [0.29, 0.717) is 0 Å². The molecule has 0 aliphatic rings. The molecule has 0 bridgehead atoms. The second kappa shape index (κ2) is 4.65. The van der Waals surface area contributed by atoms with Gasteiger partial charge in [-0.1, -0.05) is 0 Å². The Morgan fingerprint density at radius 3 is 2.64 bits per heavy atom. The van der Waals surface area contributed by atoms with Gasteiger partial charge in [0.05, 0.1) is 6.16 Å². The molecule has 0 aliphatic carbocycles. The summed E-state index contributed by atoms with van der Waals surface area (Å²) >= 11 is 0. The summed E-state index contributed by atoms with van der Waals surface area (Å²) in [6.45, 7) is -0.0351. The summed E-state index contributed by atoms with van der Waals surface area (Å²) < 4.78 is 12.1. The average Bonchev–Trinajstić information content (AvgIpc) is 2.53. The molecule has 1 heterocycles. The molecule has 3 N–H and O–H groups in total. The molecule has 0 amide bonds. The predicted octanol–water partition coefficient (Wildman–Crippen LogP) is -0.936. The van der Waals surface area contributed by atoms with Crippen LogP contribution in [0.4, 0.5) is 0 Å². The van der Waals surface area contributed by atoms with E-state index in [1.54, 1.807) is 0 Å². The normalized spacial score (nSPS) is 14.2. The monoisotopic (exact) mass is 221 g/mol. The molecule has 7 nitrogen and oxygen atoms in total. The highest BCUT2D eigenvalue weighted by atomic mass is 31.2. The molecule has 0 saturated carbocycles. The van der Waals surface area contributed by atoms with Crippen molar-refractivity contribution in [2.24, 2.45) is 5.92 Å². The van der Waals surface area contributed by atoms with Crippen LogP contribution in [0.1, 0.15) is 0 Å². The molecule has 1 unspecified atom stereocenters. The van der Waals surface area contributed by atoms with Crippen LogP contribution in [-0.4, -0.2) is 42.4 Å². The van der Waals surface area contributed by atoms with Crippen molar-refractivity contribution in [3.63, 3.8) is 0 Å². The van der Waals surface area contributed by atoms with Gasteiger partial charge in [-0.2, -0.15) is 5.10 Å². The number of hydrogen-bond acceptors (Lipinski definition) is 4. The van der Waals surface area contributed by atoms with Gasteiger partial charge in [0.25, 0.3) is 0 Å². The van der Waals surface area contributed by atoms with E-state index < -0.39 is 13.5 Å². The molecule has 1 aromatic heterocycles. The molecule has 1 atom stereocenters. The average molecular weight is 221 g/mol. The number of aromatic nitrogens is 3. The highest BCUT2D eigenvalue weighted by Gasteiger charge is 2.21. The SMILES string of the molecule is O=P(O)(O)CC(CO)Cn1cncn1. The molecule has 0 saturated heterocycles. The molecule has 0 radical (unpaired) electrons. The zero-order valence-electron chi connectivity index (χ0n) is 7.39. The molecule has 0 fully saturated rings. The van der Waals surface area contributed by atoms with Crippen LogP contribution in [0, 0.1) is 5.92 Å². The van der Waals surface area contributed by atoms with Crippen molar-refractivity contribution < 1.29 is 19.5 Å². The van der Waals surface area contributed by atoms with Crippen molar-refractivity contribution in [3.05, 3.63) is 12.7 Å². The van der Waals surface area contributed by atoms with Crippen molar-refractivity contribution in [2.75, 3.05) is 12.8 Å². The number of nitrogens with zero attached hydrogens (tertiary/aromatic N) is 3. The van der Waals surface area contributed by atoms with Crippen LogP contribution < -0.4 is 0 Å². The highest BCUT2D eigenvalue weighted by Crippen LogP contribution is 2.36. The summed E-state index contributed by atoms with van der Waals surface area (Å²) in [7, 11) is -4.08. The second-order valence-electron chi connectivity index (χ2n) is 3.01. The Kier molecular flexibility index (Phi) is 3.77. The minimum Gasteiger partial charge on any atom is -0.396 e. The van der Waals surface area contributed by atoms with E-state index in [-0.39, 0.29) is 19.3 Å². The predicted molar refractivity (Wildman–Crippen MR) is 47.5 cm³/mol. The van der Waals surface area contributed by atoms with Crippen LogP contribution in [-0.2, 0) is 11.1 Å². The minimum atomic E-state index is -4.08. The smallest absolute Gasteiger partial charge is 0.326 e. The van der Waals surface area contributed by atoms with Gasteiger partial charge in [-0.05, 0) is 0 Å². The molecule has 0 spiro atoms. The Morgan fingerprint density at radius 1 is 1.50 bits per heavy atom. The lowest BCUT2D eigenvalue weighted by molar-refractivity contribution is 0.213. The largest absolute Gasteiger partial charge is 0.396 e. The zero-order chi connectivity index (χ0) is 10.6. The van der Waals surface area contributed by atoms with Crippen LogP contribution >= 0.6 is 7.60 Å². The Balaban J connectivity index is 2.52. The summed E-state index contributed by atoms with van der Waals surface area (Å²) in [5.74, 6) is -0.502. The first-order valence-electron chi connectivity index (χ1n) is 3.99. The highest BCUT2D eigenvalue weighted by molar-refractivity contribution is 7.51. The molecule has 80 valence electrons. The quantitative estimate of drug-likeness (QED) is 0.554. The first kappa shape index (κ1) is 11.3. The topological polar surface area (TPSA) is 108 Å². The van der Waals surface area contributed by atoms with E-state index in [2.05, 4.69) is 10.1 Å². The summed E-state index contributed by atoms with van der Waals surface area (Å²) in [4.78, 5) is 21.1. The first-order valence-corrected chi connectivity index (χ1v) is 5.79. The van der Waals surface area contributed by atoms with Crippen molar-refractivity contribution >= 4 is 7.60 Å². The number of hydrogen-bond donors (Lipinski definition) is 3. The Morgan fingerprint density at radius 2 is 2.21 bits per heavy atom. The molecule has 0 aliphatic heterocycles. The second-order valence-corrected chi connectivity index (χ2v) is 4.71. The summed E-state index contributed by atoms with van der Waals surface area (Å²) in [6, 6.07) is 0. The summed E-state index contributed by atoms with van der Waals surface area (Å²) in [5, 5.41) is 12.7. The Labute approximate surface area is 80.6 Å². The van der Waals surface area contributed by atoms with Crippen LogP contribution in [0.3, 0.4) is 0 Å². The van der Waals surface area contributed by atoms with Crippen LogP contribution in [0.5, 0.6) is 0 Å². The third-order valence-electron chi connectivity index (χ3n) is 1.67.